The molecule has 1 aromatic carbocycles. The monoisotopic (exact) mass is 377 g/mol. The zero-order valence-corrected chi connectivity index (χ0v) is 13.8. The molecule has 116 valence electrons. The number of carboxylic acid groups (broad SMARTS) is 1. The molecule has 6 nitrogen and oxygen atoms in total. The second-order valence-corrected chi connectivity index (χ2v) is 7.53. The molecule has 2 N–H and O–H groups in total. The molecule has 1 fully saturated rings. The Balaban J connectivity index is 2.12. The maximum atomic E-state index is 12.3. The molecular formula is C13H16BrNO5S. The van der Waals surface area contributed by atoms with Gasteiger partial charge in [-0.1, -0.05) is 0 Å². The summed E-state index contributed by atoms with van der Waals surface area (Å²) in [5.41, 5.74) is 0. The number of hydrogen-bond donors (Lipinski definition) is 2. The molecule has 2 unspecified atom stereocenters. The number of carboxylic acids is 1. The highest BCUT2D eigenvalue weighted by molar-refractivity contribution is 9.10. The molecule has 1 saturated carbocycles. The van der Waals surface area contributed by atoms with Crippen LogP contribution in [0.25, 0.3) is 0 Å². The average molecular weight is 378 g/mol. The summed E-state index contributed by atoms with van der Waals surface area (Å²) in [5, 5.41) is 8.94. The predicted octanol–water partition coefficient (Wildman–Crippen LogP) is 1.99. The van der Waals surface area contributed by atoms with Gasteiger partial charge in [0, 0.05) is 6.04 Å². The SMILES string of the molecule is COc1ccc(S(=O)(=O)NC2CCC(C(=O)O)C2)cc1Br. The van der Waals surface area contributed by atoms with Crippen LogP contribution in [-0.4, -0.2) is 32.6 Å². The van der Waals surface area contributed by atoms with Crippen molar-refractivity contribution in [2.24, 2.45) is 5.92 Å². The lowest BCUT2D eigenvalue weighted by Crippen LogP contribution is -2.33. The number of halogens is 1. The first-order valence-corrected chi connectivity index (χ1v) is 8.70. The minimum Gasteiger partial charge on any atom is -0.496 e. The molecule has 0 aliphatic heterocycles. The van der Waals surface area contributed by atoms with E-state index >= 15 is 0 Å². The summed E-state index contributed by atoms with van der Waals surface area (Å²) in [6, 6.07) is 4.14. The van der Waals surface area contributed by atoms with Gasteiger partial charge in [0.15, 0.2) is 0 Å². The topological polar surface area (TPSA) is 92.7 Å². The van der Waals surface area contributed by atoms with Crippen LogP contribution in [0.2, 0.25) is 0 Å². The number of methoxy groups -OCH3 is 1. The Morgan fingerprint density at radius 1 is 1.43 bits per heavy atom. The lowest BCUT2D eigenvalue weighted by molar-refractivity contribution is -0.141. The Morgan fingerprint density at radius 2 is 2.14 bits per heavy atom. The van der Waals surface area contributed by atoms with E-state index in [0.717, 1.165) is 0 Å². The Labute approximate surface area is 131 Å². The van der Waals surface area contributed by atoms with Crippen LogP contribution in [0, 0.1) is 5.92 Å². The molecule has 0 radical (unpaired) electrons. The third-order valence-electron chi connectivity index (χ3n) is 3.54. The maximum absolute atomic E-state index is 12.3. The van der Waals surface area contributed by atoms with E-state index in [2.05, 4.69) is 20.7 Å². The van der Waals surface area contributed by atoms with Crippen molar-refractivity contribution in [3.8, 4) is 5.75 Å². The van der Waals surface area contributed by atoms with Gasteiger partial charge in [0.2, 0.25) is 10.0 Å². The Morgan fingerprint density at radius 3 is 2.67 bits per heavy atom. The zero-order valence-electron chi connectivity index (χ0n) is 11.4. The van der Waals surface area contributed by atoms with Gasteiger partial charge in [-0.05, 0) is 53.4 Å². The highest BCUT2D eigenvalue weighted by Crippen LogP contribution is 2.29. The third-order valence-corrected chi connectivity index (χ3v) is 5.68. The summed E-state index contributed by atoms with van der Waals surface area (Å²) >= 11 is 3.25. The molecule has 2 rings (SSSR count). The summed E-state index contributed by atoms with van der Waals surface area (Å²) in [5.74, 6) is -0.801. The van der Waals surface area contributed by atoms with Gasteiger partial charge in [-0.2, -0.15) is 0 Å². The number of hydrogen-bond acceptors (Lipinski definition) is 4. The zero-order chi connectivity index (χ0) is 15.6. The molecule has 0 heterocycles. The Kier molecular flexibility index (Phi) is 4.90. The number of aliphatic carboxylic acids is 1. The standard InChI is InChI=1S/C13H16BrNO5S/c1-20-12-5-4-10(7-11(12)14)21(18,19)15-9-3-2-8(6-9)13(16)17/h4-5,7-9,15H,2-3,6H2,1H3,(H,16,17). The van der Waals surface area contributed by atoms with E-state index in [1.165, 1.54) is 19.2 Å². The molecule has 0 saturated heterocycles. The van der Waals surface area contributed by atoms with Crippen LogP contribution in [0.3, 0.4) is 0 Å². The molecule has 0 bridgehead atoms. The molecule has 0 amide bonds. The average Bonchev–Trinajstić information content (AvgIpc) is 2.86. The van der Waals surface area contributed by atoms with Crippen molar-refractivity contribution < 1.29 is 23.1 Å². The highest BCUT2D eigenvalue weighted by atomic mass is 79.9. The van der Waals surface area contributed by atoms with Crippen LogP contribution in [0.4, 0.5) is 0 Å². The number of carbonyl (C=O) groups is 1. The molecule has 0 spiro atoms. The van der Waals surface area contributed by atoms with Crippen molar-refractivity contribution in [2.45, 2.75) is 30.2 Å². The van der Waals surface area contributed by atoms with Crippen LogP contribution in [-0.2, 0) is 14.8 Å². The summed E-state index contributed by atoms with van der Waals surface area (Å²) in [4.78, 5) is 11.0. The fourth-order valence-corrected chi connectivity index (χ4v) is 4.42. The number of rotatable bonds is 5. The van der Waals surface area contributed by atoms with Gasteiger partial charge in [-0.15, -0.1) is 0 Å². The van der Waals surface area contributed by atoms with E-state index in [1.807, 2.05) is 0 Å². The molecule has 1 aliphatic rings. The van der Waals surface area contributed by atoms with Crippen molar-refractivity contribution in [2.75, 3.05) is 7.11 Å². The van der Waals surface area contributed by atoms with Crippen molar-refractivity contribution in [1.82, 2.24) is 4.72 Å². The van der Waals surface area contributed by atoms with Crippen LogP contribution in [0.5, 0.6) is 5.75 Å². The second kappa shape index (κ2) is 6.33. The smallest absolute Gasteiger partial charge is 0.306 e. The normalized spacial score (nSPS) is 22.2. The molecular weight excluding hydrogens is 362 g/mol. The van der Waals surface area contributed by atoms with E-state index in [9.17, 15) is 13.2 Å². The predicted molar refractivity (Wildman–Crippen MR) is 79.8 cm³/mol. The first kappa shape index (κ1) is 16.3. The first-order chi connectivity index (χ1) is 9.83. The van der Waals surface area contributed by atoms with Gasteiger partial charge in [0.1, 0.15) is 5.75 Å². The summed E-state index contributed by atoms with van der Waals surface area (Å²) in [7, 11) is -2.17. The summed E-state index contributed by atoms with van der Waals surface area (Å²) in [6.07, 6.45) is 1.36. The van der Waals surface area contributed by atoms with E-state index in [4.69, 9.17) is 9.84 Å². The lowest BCUT2D eigenvalue weighted by atomic mass is 10.1. The van der Waals surface area contributed by atoms with Gasteiger partial charge < -0.3 is 9.84 Å². The molecule has 1 aromatic rings. The highest BCUT2D eigenvalue weighted by Gasteiger charge is 2.32. The molecule has 1 aliphatic carbocycles. The minimum atomic E-state index is -3.67. The fourth-order valence-electron chi connectivity index (χ4n) is 2.41. The second-order valence-electron chi connectivity index (χ2n) is 4.96. The van der Waals surface area contributed by atoms with Crippen LogP contribution in [0.15, 0.2) is 27.6 Å². The minimum absolute atomic E-state index is 0.119. The molecule has 2 atom stereocenters. The van der Waals surface area contributed by atoms with Crippen LogP contribution in [0.1, 0.15) is 19.3 Å². The van der Waals surface area contributed by atoms with E-state index in [-0.39, 0.29) is 10.9 Å². The third kappa shape index (κ3) is 3.75. The van der Waals surface area contributed by atoms with Crippen LogP contribution >= 0.6 is 15.9 Å². The van der Waals surface area contributed by atoms with E-state index < -0.39 is 21.9 Å². The van der Waals surface area contributed by atoms with Crippen molar-refractivity contribution in [3.63, 3.8) is 0 Å². The number of nitrogens with one attached hydrogen (secondary N) is 1. The maximum Gasteiger partial charge on any atom is 0.306 e. The Hall–Kier alpha value is -1.12. The van der Waals surface area contributed by atoms with Crippen molar-refractivity contribution in [3.05, 3.63) is 22.7 Å². The lowest BCUT2D eigenvalue weighted by Gasteiger charge is -2.14. The van der Waals surface area contributed by atoms with E-state index in [0.29, 0.717) is 29.5 Å². The molecule has 8 heteroatoms. The van der Waals surface area contributed by atoms with Crippen molar-refractivity contribution >= 4 is 31.9 Å². The summed E-state index contributed by atoms with van der Waals surface area (Å²) < 4.78 is 32.8. The van der Waals surface area contributed by atoms with Gasteiger partial charge in [-0.25, -0.2) is 13.1 Å². The molecule has 0 aromatic heterocycles. The van der Waals surface area contributed by atoms with Gasteiger partial charge in [0.05, 0.1) is 22.4 Å². The Bertz CT molecular complexity index is 646. The summed E-state index contributed by atoms with van der Waals surface area (Å²) in [6.45, 7) is 0. The first-order valence-electron chi connectivity index (χ1n) is 6.42. The number of sulfonamides is 1. The fraction of sp³-hybridized carbons (Fsp3) is 0.462. The quantitative estimate of drug-likeness (QED) is 0.818. The van der Waals surface area contributed by atoms with Gasteiger partial charge in [-0.3, -0.25) is 4.79 Å². The van der Waals surface area contributed by atoms with Crippen LogP contribution < -0.4 is 9.46 Å². The largest absolute Gasteiger partial charge is 0.496 e. The van der Waals surface area contributed by atoms with E-state index in [1.54, 1.807) is 6.07 Å². The van der Waals surface area contributed by atoms with Gasteiger partial charge >= 0.3 is 5.97 Å². The molecule has 21 heavy (non-hydrogen) atoms. The van der Waals surface area contributed by atoms with Gasteiger partial charge in [0.25, 0.3) is 0 Å². The number of benzene rings is 1. The van der Waals surface area contributed by atoms with Crippen molar-refractivity contribution in [1.29, 1.82) is 0 Å². The number of ether oxygens (including phenoxy) is 1.